The van der Waals surface area contributed by atoms with Gasteiger partial charge < -0.3 is 10.2 Å². The Morgan fingerprint density at radius 2 is 1.94 bits per heavy atom. The van der Waals surface area contributed by atoms with Crippen molar-refractivity contribution in [3.63, 3.8) is 0 Å². The molecule has 18 heavy (non-hydrogen) atoms. The van der Waals surface area contributed by atoms with E-state index in [4.69, 9.17) is 23.2 Å². The van der Waals surface area contributed by atoms with E-state index in [1.165, 1.54) is 4.90 Å². The molecule has 0 bridgehead atoms. The summed E-state index contributed by atoms with van der Waals surface area (Å²) in [7, 11) is 3.25. The molecule has 0 radical (unpaired) electrons. The summed E-state index contributed by atoms with van der Waals surface area (Å²) in [6.07, 6.45) is 0.0973. The van der Waals surface area contributed by atoms with Crippen LogP contribution in [0, 0.1) is 0 Å². The standard InChI is InChI=1S/C12H14Cl2N2O2/c1-16(2)12(18)7-15-11(17)6-8-5-9(13)3-4-10(8)14/h3-5H,6-7H2,1-2H3,(H,15,17). The topological polar surface area (TPSA) is 49.4 Å². The Bertz CT molecular complexity index is 461. The van der Waals surface area contributed by atoms with Crippen LogP contribution in [0.5, 0.6) is 0 Å². The summed E-state index contributed by atoms with van der Waals surface area (Å²) >= 11 is 11.8. The van der Waals surface area contributed by atoms with Crippen molar-refractivity contribution in [2.45, 2.75) is 6.42 Å². The van der Waals surface area contributed by atoms with Crippen LogP contribution in [0.25, 0.3) is 0 Å². The van der Waals surface area contributed by atoms with Crippen LogP contribution in [0.1, 0.15) is 5.56 Å². The molecule has 0 aliphatic heterocycles. The third-order valence-corrected chi connectivity index (χ3v) is 2.90. The van der Waals surface area contributed by atoms with Crippen LogP contribution in [-0.4, -0.2) is 37.4 Å². The molecule has 0 aliphatic rings. The van der Waals surface area contributed by atoms with Crippen molar-refractivity contribution in [3.8, 4) is 0 Å². The van der Waals surface area contributed by atoms with Crippen LogP contribution >= 0.6 is 23.2 Å². The van der Waals surface area contributed by atoms with Gasteiger partial charge in [0.2, 0.25) is 11.8 Å². The Balaban J connectivity index is 2.55. The molecule has 0 spiro atoms. The predicted octanol–water partition coefficient (Wildman–Crippen LogP) is 1.74. The number of carbonyl (C=O) groups is 2. The molecule has 0 saturated carbocycles. The van der Waals surface area contributed by atoms with Gasteiger partial charge in [-0.3, -0.25) is 9.59 Å². The van der Waals surface area contributed by atoms with Gasteiger partial charge in [0.05, 0.1) is 13.0 Å². The lowest BCUT2D eigenvalue weighted by atomic mass is 10.1. The van der Waals surface area contributed by atoms with E-state index in [-0.39, 0.29) is 24.8 Å². The second kappa shape index (κ2) is 6.61. The van der Waals surface area contributed by atoms with E-state index in [1.54, 1.807) is 32.3 Å². The van der Waals surface area contributed by atoms with Gasteiger partial charge in [-0.25, -0.2) is 0 Å². The maximum atomic E-state index is 11.6. The summed E-state index contributed by atoms with van der Waals surface area (Å²) in [5.74, 6) is -0.435. The number of hydrogen-bond acceptors (Lipinski definition) is 2. The maximum Gasteiger partial charge on any atom is 0.241 e. The highest BCUT2D eigenvalue weighted by Gasteiger charge is 2.10. The highest BCUT2D eigenvalue weighted by molar-refractivity contribution is 6.33. The molecule has 4 nitrogen and oxygen atoms in total. The molecule has 98 valence electrons. The number of rotatable bonds is 4. The number of benzene rings is 1. The van der Waals surface area contributed by atoms with E-state index in [1.807, 2.05) is 0 Å². The average Bonchev–Trinajstić information content (AvgIpc) is 2.30. The smallest absolute Gasteiger partial charge is 0.241 e. The molecule has 0 aliphatic carbocycles. The van der Waals surface area contributed by atoms with E-state index in [0.29, 0.717) is 15.6 Å². The zero-order valence-electron chi connectivity index (χ0n) is 10.2. The Morgan fingerprint density at radius 1 is 1.28 bits per heavy atom. The zero-order chi connectivity index (χ0) is 13.7. The fraction of sp³-hybridized carbons (Fsp3) is 0.333. The summed E-state index contributed by atoms with van der Waals surface area (Å²) in [5, 5.41) is 3.53. The van der Waals surface area contributed by atoms with Gasteiger partial charge in [-0.2, -0.15) is 0 Å². The summed E-state index contributed by atoms with van der Waals surface area (Å²) in [5.41, 5.74) is 0.638. The van der Waals surface area contributed by atoms with Gasteiger partial charge >= 0.3 is 0 Å². The number of amides is 2. The van der Waals surface area contributed by atoms with Crippen LogP contribution < -0.4 is 5.32 Å². The second-order valence-corrected chi connectivity index (χ2v) is 4.82. The van der Waals surface area contributed by atoms with E-state index in [9.17, 15) is 9.59 Å². The molecule has 2 amide bonds. The lowest BCUT2D eigenvalue weighted by molar-refractivity contribution is -0.130. The molecular weight excluding hydrogens is 275 g/mol. The molecule has 1 aromatic carbocycles. The van der Waals surface area contributed by atoms with E-state index < -0.39 is 0 Å². The number of nitrogens with one attached hydrogen (secondary N) is 1. The van der Waals surface area contributed by atoms with Gasteiger partial charge in [0.25, 0.3) is 0 Å². The molecule has 0 aromatic heterocycles. The normalized spacial score (nSPS) is 10.0. The molecule has 1 N–H and O–H groups in total. The Morgan fingerprint density at radius 3 is 2.56 bits per heavy atom. The van der Waals surface area contributed by atoms with Gasteiger partial charge in [0.1, 0.15) is 0 Å². The van der Waals surface area contributed by atoms with E-state index in [0.717, 1.165) is 0 Å². The summed E-state index contributed by atoms with van der Waals surface area (Å²) in [6.45, 7) is -0.0238. The van der Waals surface area contributed by atoms with Crippen LogP contribution in [0.3, 0.4) is 0 Å². The van der Waals surface area contributed by atoms with Gasteiger partial charge in [0.15, 0.2) is 0 Å². The second-order valence-electron chi connectivity index (χ2n) is 3.98. The van der Waals surface area contributed by atoms with Gasteiger partial charge in [0, 0.05) is 24.1 Å². The van der Waals surface area contributed by atoms with Crippen molar-refractivity contribution in [1.82, 2.24) is 10.2 Å². The molecule has 1 aromatic rings. The van der Waals surface area contributed by atoms with Crippen LogP contribution in [0.15, 0.2) is 18.2 Å². The quantitative estimate of drug-likeness (QED) is 0.918. The SMILES string of the molecule is CN(C)C(=O)CNC(=O)Cc1cc(Cl)ccc1Cl. The van der Waals surface area contributed by atoms with Gasteiger partial charge in [-0.15, -0.1) is 0 Å². The van der Waals surface area contributed by atoms with Crippen molar-refractivity contribution in [1.29, 1.82) is 0 Å². The third-order valence-electron chi connectivity index (χ3n) is 2.29. The lowest BCUT2D eigenvalue weighted by Crippen LogP contribution is -2.36. The van der Waals surface area contributed by atoms with Gasteiger partial charge in [-0.1, -0.05) is 23.2 Å². The lowest BCUT2D eigenvalue weighted by Gasteiger charge is -2.11. The third kappa shape index (κ3) is 4.55. The average molecular weight is 289 g/mol. The minimum Gasteiger partial charge on any atom is -0.347 e. The molecule has 0 unspecified atom stereocenters. The Kier molecular flexibility index (Phi) is 5.44. The molecule has 0 atom stereocenters. The molecule has 0 fully saturated rings. The van der Waals surface area contributed by atoms with Crippen LogP contribution in [0.4, 0.5) is 0 Å². The van der Waals surface area contributed by atoms with E-state index >= 15 is 0 Å². The molecule has 6 heteroatoms. The summed E-state index contributed by atoms with van der Waals surface area (Å²) in [6, 6.07) is 4.93. The van der Waals surface area contributed by atoms with Crippen LogP contribution in [-0.2, 0) is 16.0 Å². The summed E-state index contributed by atoms with van der Waals surface area (Å²) in [4.78, 5) is 24.3. The summed E-state index contributed by atoms with van der Waals surface area (Å²) < 4.78 is 0. The Hall–Kier alpha value is -1.26. The predicted molar refractivity (Wildman–Crippen MR) is 71.9 cm³/mol. The molecule has 0 heterocycles. The fourth-order valence-electron chi connectivity index (χ4n) is 1.25. The Labute approximate surface area is 116 Å². The highest BCUT2D eigenvalue weighted by atomic mass is 35.5. The number of nitrogens with zero attached hydrogens (tertiary/aromatic N) is 1. The van der Waals surface area contributed by atoms with Gasteiger partial charge in [-0.05, 0) is 23.8 Å². The largest absolute Gasteiger partial charge is 0.347 e. The van der Waals surface area contributed by atoms with E-state index in [2.05, 4.69) is 5.32 Å². The minimum absolute atomic E-state index is 0.0238. The fourth-order valence-corrected chi connectivity index (χ4v) is 1.63. The highest BCUT2D eigenvalue weighted by Crippen LogP contribution is 2.20. The first-order valence-corrected chi connectivity index (χ1v) is 6.06. The van der Waals surface area contributed by atoms with Crippen molar-refractivity contribution < 1.29 is 9.59 Å². The van der Waals surface area contributed by atoms with Crippen LogP contribution in [0.2, 0.25) is 10.0 Å². The monoisotopic (exact) mass is 288 g/mol. The number of hydrogen-bond donors (Lipinski definition) is 1. The molecule has 1 rings (SSSR count). The number of halogens is 2. The number of likely N-dealkylation sites (N-methyl/N-ethyl adjacent to an activating group) is 1. The minimum atomic E-state index is -0.269. The molecule has 0 saturated heterocycles. The van der Waals surface area contributed by atoms with Crippen molar-refractivity contribution in [2.24, 2.45) is 0 Å². The first-order chi connectivity index (χ1) is 8.40. The molecular formula is C12H14Cl2N2O2. The van der Waals surface area contributed by atoms with Crippen molar-refractivity contribution in [3.05, 3.63) is 33.8 Å². The van der Waals surface area contributed by atoms with Crippen molar-refractivity contribution in [2.75, 3.05) is 20.6 Å². The maximum absolute atomic E-state index is 11.6. The van der Waals surface area contributed by atoms with Crippen molar-refractivity contribution >= 4 is 35.0 Å². The number of carbonyl (C=O) groups excluding carboxylic acids is 2. The zero-order valence-corrected chi connectivity index (χ0v) is 11.7. The first-order valence-electron chi connectivity index (χ1n) is 5.31. The first kappa shape index (κ1) is 14.8.